The van der Waals surface area contributed by atoms with Gasteiger partial charge in [0.2, 0.25) is 0 Å². The zero-order valence-electron chi connectivity index (χ0n) is 7.72. The fourth-order valence-corrected chi connectivity index (χ4v) is 1.63. The highest BCUT2D eigenvalue weighted by atomic mass is 35.5. The van der Waals surface area contributed by atoms with Crippen LogP contribution in [0.1, 0.15) is 0 Å². The Morgan fingerprint density at radius 3 is 1.93 bits per heavy atom. The molecule has 1 aromatic rings. The van der Waals surface area contributed by atoms with Gasteiger partial charge in [0.1, 0.15) is 5.82 Å². The van der Waals surface area contributed by atoms with Gasteiger partial charge in [0.05, 0.1) is 0 Å². The number of hydrogen-bond donors (Lipinski definition) is 0. The predicted molar refractivity (Wildman–Crippen MR) is 60.1 cm³/mol. The summed E-state index contributed by atoms with van der Waals surface area (Å²) in [7, 11) is 0. The number of halogens is 3. The van der Waals surface area contributed by atoms with E-state index in [0.717, 1.165) is 18.8 Å². The van der Waals surface area contributed by atoms with Crippen molar-refractivity contribution in [2.75, 3.05) is 29.7 Å². The highest BCUT2D eigenvalue weighted by Crippen LogP contribution is 2.14. The molecule has 0 aliphatic heterocycles. The summed E-state index contributed by atoms with van der Waals surface area (Å²) in [5.41, 5.74) is 0.952. The Bertz CT molecular complexity index is 257. The Balaban J connectivity index is 2.71. The van der Waals surface area contributed by atoms with E-state index in [2.05, 4.69) is 0 Å². The van der Waals surface area contributed by atoms with Gasteiger partial charge in [-0.2, -0.15) is 0 Å². The van der Waals surface area contributed by atoms with Gasteiger partial charge in [0.15, 0.2) is 0 Å². The Hall–Kier alpha value is -0.470. The molecule has 1 nitrogen and oxygen atoms in total. The molecule has 0 N–H and O–H groups in total. The fraction of sp³-hybridized carbons (Fsp3) is 0.400. The van der Waals surface area contributed by atoms with Gasteiger partial charge in [-0.1, -0.05) is 0 Å². The van der Waals surface area contributed by atoms with E-state index in [1.165, 1.54) is 12.1 Å². The summed E-state index contributed by atoms with van der Waals surface area (Å²) in [6, 6.07) is 6.33. The smallest absolute Gasteiger partial charge is 0.123 e. The van der Waals surface area contributed by atoms with Crippen LogP contribution in [0.5, 0.6) is 0 Å². The molecular weight excluding hydrogens is 224 g/mol. The van der Waals surface area contributed by atoms with Crippen LogP contribution in [-0.4, -0.2) is 24.8 Å². The topological polar surface area (TPSA) is 3.24 Å². The highest BCUT2D eigenvalue weighted by Gasteiger charge is 2.04. The molecular formula is C10H12Cl2FN. The third kappa shape index (κ3) is 3.35. The molecule has 0 bridgehead atoms. The standard InChI is InChI=1S/C10H12Cl2FN/c11-5-7-14(8-6-12)10-3-1-9(13)2-4-10/h1-4H,5-8H2. The van der Waals surface area contributed by atoms with Crippen molar-refractivity contribution < 1.29 is 4.39 Å². The number of hydrogen-bond acceptors (Lipinski definition) is 1. The van der Waals surface area contributed by atoms with Gasteiger partial charge in [-0.05, 0) is 24.3 Å². The molecule has 0 fully saturated rings. The van der Waals surface area contributed by atoms with E-state index < -0.39 is 0 Å². The zero-order valence-corrected chi connectivity index (χ0v) is 9.23. The average Bonchev–Trinajstić information content (AvgIpc) is 2.19. The summed E-state index contributed by atoms with van der Waals surface area (Å²) in [4.78, 5) is 2.03. The molecule has 0 saturated carbocycles. The monoisotopic (exact) mass is 235 g/mol. The Kier molecular flexibility index (Phi) is 5.05. The number of rotatable bonds is 5. The van der Waals surface area contributed by atoms with Crippen LogP contribution in [0.4, 0.5) is 10.1 Å². The van der Waals surface area contributed by atoms with E-state index in [0.29, 0.717) is 11.8 Å². The minimum absolute atomic E-state index is 0.231. The van der Waals surface area contributed by atoms with Gasteiger partial charge >= 0.3 is 0 Å². The van der Waals surface area contributed by atoms with Gasteiger partial charge < -0.3 is 4.90 Å². The lowest BCUT2D eigenvalue weighted by molar-refractivity contribution is 0.627. The van der Waals surface area contributed by atoms with Crippen molar-refractivity contribution in [1.82, 2.24) is 0 Å². The molecule has 14 heavy (non-hydrogen) atoms. The molecule has 0 aliphatic rings. The Morgan fingerprint density at radius 1 is 1.00 bits per heavy atom. The molecule has 0 unspecified atom stereocenters. The quantitative estimate of drug-likeness (QED) is 0.710. The molecule has 4 heteroatoms. The Morgan fingerprint density at radius 2 is 1.50 bits per heavy atom. The first kappa shape index (κ1) is 11.6. The highest BCUT2D eigenvalue weighted by molar-refractivity contribution is 6.18. The van der Waals surface area contributed by atoms with E-state index in [9.17, 15) is 4.39 Å². The second-order valence-corrected chi connectivity index (χ2v) is 3.60. The van der Waals surface area contributed by atoms with Crippen molar-refractivity contribution in [3.63, 3.8) is 0 Å². The van der Waals surface area contributed by atoms with Crippen molar-refractivity contribution >= 4 is 28.9 Å². The predicted octanol–water partition coefficient (Wildman–Crippen LogP) is 3.11. The first-order valence-electron chi connectivity index (χ1n) is 4.40. The van der Waals surface area contributed by atoms with E-state index in [-0.39, 0.29) is 5.82 Å². The lowest BCUT2D eigenvalue weighted by Gasteiger charge is -2.22. The normalized spacial score (nSPS) is 10.2. The maximum absolute atomic E-state index is 12.7. The first-order valence-corrected chi connectivity index (χ1v) is 5.47. The minimum Gasteiger partial charge on any atom is -0.369 e. The molecule has 0 radical (unpaired) electrons. The number of anilines is 1. The molecule has 78 valence electrons. The van der Waals surface area contributed by atoms with Crippen LogP contribution in [0, 0.1) is 5.82 Å². The largest absolute Gasteiger partial charge is 0.369 e. The number of nitrogens with zero attached hydrogens (tertiary/aromatic N) is 1. The molecule has 0 amide bonds. The molecule has 1 rings (SSSR count). The van der Waals surface area contributed by atoms with E-state index >= 15 is 0 Å². The van der Waals surface area contributed by atoms with Crippen LogP contribution < -0.4 is 4.90 Å². The van der Waals surface area contributed by atoms with Crippen LogP contribution in [-0.2, 0) is 0 Å². The Labute approximate surface area is 93.4 Å². The second-order valence-electron chi connectivity index (χ2n) is 2.84. The molecule has 0 atom stereocenters. The molecule has 0 saturated heterocycles. The van der Waals surface area contributed by atoms with Crippen molar-refractivity contribution in [3.8, 4) is 0 Å². The zero-order chi connectivity index (χ0) is 10.4. The molecule has 0 aromatic heterocycles. The van der Waals surface area contributed by atoms with E-state index in [1.54, 1.807) is 12.1 Å². The van der Waals surface area contributed by atoms with Crippen molar-refractivity contribution in [2.24, 2.45) is 0 Å². The van der Waals surface area contributed by atoms with Gasteiger partial charge in [-0.3, -0.25) is 0 Å². The summed E-state index contributed by atoms with van der Waals surface area (Å²) < 4.78 is 12.7. The summed E-state index contributed by atoms with van der Waals surface area (Å²) in [6.07, 6.45) is 0. The SMILES string of the molecule is Fc1ccc(N(CCCl)CCCl)cc1. The van der Waals surface area contributed by atoms with Crippen LogP contribution in [0.3, 0.4) is 0 Å². The lowest BCUT2D eigenvalue weighted by Crippen LogP contribution is -2.27. The van der Waals surface area contributed by atoms with Crippen molar-refractivity contribution in [2.45, 2.75) is 0 Å². The van der Waals surface area contributed by atoms with Crippen molar-refractivity contribution in [1.29, 1.82) is 0 Å². The maximum atomic E-state index is 12.7. The third-order valence-corrected chi connectivity index (χ3v) is 2.24. The first-order chi connectivity index (χ1) is 6.77. The van der Waals surface area contributed by atoms with Gasteiger partial charge in [0.25, 0.3) is 0 Å². The third-order valence-electron chi connectivity index (χ3n) is 1.90. The maximum Gasteiger partial charge on any atom is 0.123 e. The number of benzene rings is 1. The number of alkyl halides is 2. The van der Waals surface area contributed by atoms with Gasteiger partial charge in [-0.25, -0.2) is 4.39 Å². The second kappa shape index (κ2) is 6.10. The van der Waals surface area contributed by atoms with Crippen molar-refractivity contribution in [3.05, 3.63) is 30.1 Å². The molecule has 0 aliphatic carbocycles. The summed E-state index contributed by atoms with van der Waals surface area (Å²) >= 11 is 11.3. The minimum atomic E-state index is -0.231. The summed E-state index contributed by atoms with van der Waals surface area (Å²) in [6.45, 7) is 1.44. The van der Waals surface area contributed by atoms with Crippen LogP contribution in [0.25, 0.3) is 0 Å². The van der Waals surface area contributed by atoms with Gasteiger partial charge in [-0.15, -0.1) is 23.2 Å². The van der Waals surface area contributed by atoms with Gasteiger partial charge in [0, 0.05) is 30.5 Å². The van der Waals surface area contributed by atoms with Crippen LogP contribution in [0.2, 0.25) is 0 Å². The van der Waals surface area contributed by atoms with Crippen LogP contribution >= 0.6 is 23.2 Å². The molecule has 0 spiro atoms. The lowest BCUT2D eigenvalue weighted by atomic mass is 10.3. The molecule has 0 heterocycles. The molecule has 1 aromatic carbocycles. The van der Waals surface area contributed by atoms with E-state index in [1.807, 2.05) is 4.90 Å². The summed E-state index contributed by atoms with van der Waals surface area (Å²) in [5.74, 6) is 0.841. The van der Waals surface area contributed by atoms with Crippen LogP contribution in [0.15, 0.2) is 24.3 Å². The fourth-order valence-electron chi connectivity index (χ4n) is 1.23. The summed E-state index contributed by atoms with van der Waals surface area (Å²) in [5, 5.41) is 0. The average molecular weight is 236 g/mol. The van der Waals surface area contributed by atoms with E-state index in [4.69, 9.17) is 23.2 Å².